The number of hydrogen-bond acceptors (Lipinski definition) is 5. The molecule has 6 nitrogen and oxygen atoms in total. The Morgan fingerprint density at radius 1 is 1.06 bits per heavy atom. The van der Waals surface area contributed by atoms with Gasteiger partial charge in [-0.2, -0.15) is 0 Å². The van der Waals surface area contributed by atoms with Crippen LogP contribution < -0.4 is 10.1 Å². The van der Waals surface area contributed by atoms with E-state index in [4.69, 9.17) is 16.3 Å². The number of halogens is 1. The fraction of sp³-hybridized carbons (Fsp3) is 0.185. The van der Waals surface area contributed by atoms with Crippen molar-refractivity contribution in [2.24, 2.45) is 0 Å². The number of amides is 1. The summed E-state index contributed by atoms with van der Waals surface area (Å²) < 4.78 is 30.4. The number of nitrogens with zero attached hydrogens (tertiary/aromatic N) is 1. The topological polar surface area (TPSA) is 85.4 Å². The molecule has 3 aromatic carbocycles. The van der Waals surface area contributed by atoms with E-state index in [1.54, 1.807) is 19.5 Å². The summed E-state index contributed by atoms with van der Waals surface area (Å²) in [4.78, 5) is 17.5. The number of nitrogens with one attached hydrogen (secondary N) is 1. The number of sulfone groups is 1. The van der Waals surface area contributed by atoms with Crippen LogP contribution in [0.2, 0.25) is 5.02 Å². The number of methoxy groups -OCH3 is 1. The minimum Gasteiger partial charge on any atom is -0.497 e. The zero-order valence-corrected chi connectivity index (χ0v) is 20.6. The molecule has 1 fully saturated rings. The number of carbonyl (C=O) groups excluding carboxylic acids is 1. The molecule has 1 aromatic heterocycles. The highest BCUT2D eigenvalue weighted by molar-refractivity contribution is 7.94. The van der Waals surface area contributed by atoms with Crippen molar-refractivity contribution in [3.63, 3.8) is 0 Å². The molecule has 1 amide bonds. The summed E-state index contributed by atoms with van der Waals surface area (Å²) in [6.45, 7) is 0.192. The van der Waals surface area contributed by atoms with Crippen LogP contribution in [0.5, 0.6) is 5.75 Å². The van der Waals surface area contributed by atoms with Crippen molar-refractivity contribution in [2.75, 3.05) is 7.11 Å². The van der Waals surface area contributed by atoms with Crippen LogP contribution in [0, 0.1) is 0 Å². The Morgan fingerprint density at radius 3 is 2.54 bits per heavy atom. The molecule has 35 heavy (non-hydrogen) atoms. The van der Waals surface area contributed by atoms with Gasteiger partial charge in [0.25, 0.3) is 0 Å². The summed E-state index contributed by atoms with van der Waals surface area (Å²) in [5, 5.41) is 5.18. The van der Waals surface area contributed by atoms with Gasteiger partial charge in [-0.05, 0) is 77.4 Å². The Hall–Kier alpha value is -3.42. The van der Waals surface area contributed by atoms with Crippen LogP contribution in [0.25, 0.3) is 21.9 Å². The molecule has 178 valence electrons. The third kappa shape index (κ3) is 4.15. The molecule has 0 saturated heterocycles. The minimum atomic E-state index is -3.83. The second kappa shape index (κ2) is 8.98. The normalized spacial score (nSPS) is 14.5. The first-order valence-corrected chi connectivity index (χ1v) is 13.0. The second-order valence-electron chi connectivity index (χ2n) is 8.56. The molecule has 0 spiro atoms. The summed E-state index contributed by atoms with van der Waals surface area (Å²) in [5.41, 5.74) is 2.87. The van der Waals surface area contributed by atoms with Crippen LogP contribution in [0.15, 0.2) is 84.0 Å². The van der Waals surface area contributed by atoms with Crippen LogP contribution in [-0.4, -0.2) is 31.2 Å². The summed E-state index contributed by atoms with van der Waals surface area (Å²) in [6.07, 6.45) is 4.08. The quantitative estimate of drug-likeness (QED) is 0.373. The molecular formula is C27H23ClN2O4S. The molecule has 5 rings (SSSR count). The van der Waals surface area contributed by atoms with Gasteiger partial charge in [-0.1, -0.05) is 35.9 Å². The van der Waals surface area contributed by atoms with E-state index in [1.165, 1.54) is 24.3 Å². The van der Waals surface area contributed by atoms with Crippen molar-refractivity contribution in [3.8, 4) is 16.9 Å². The monoisotopic (exact) mass is 506 g/mol. The predicted octanol–water partition coefficient (Wildman–Crippen LogP) is 5.19. The largest absolute Gasteiger partial charge is 0.497 e. The van der Waals surface area contributed by atoms with Crippen LogP contribution in [-0.2, 0) is 21.2 Å². The fourth-order valence-electron chi connectivity index (χ4n) is 4.35. The summed E-state index contributed by atoms with van der Waals surface area (Å²) in [7, 11) is -2.20. The van der Waals surface area contributed by atoms with E-state index in [1.807, 2.05) is 42.5 Å². The smallest absolute Gasteiger partial charge is 0.242 e. The number of hydrogen-bond donors (Lipinski definition) is 1. The maximum absolute atomic E-state index is 13.2. The van der Waals surface area contributed by atoms with Crippen molar-refractivity contribution < 1.29 is 17.9 Å². The SMILES string of the molecule is COc1cccc(-c2ccc(CNC(=O)C3(S(=O)(=O)c4ccc(Cl)cc4)CC3)c3cnccc23)c1. The van der Waals surface area contributed by atoms with Gasteiger partial charge in [-0.3, -0.25) is 9.78 Å². The Balaban J connectivity index is 1.42. The molecule has 0 bridgehead atoms. The van der Waals surface area contributed by atoms with Gasteiger partial charge in [-0.15, -0.1) is 0 Å². The fourth-order valence-corrected chi connectivity index (χ4v) is 6.38. The van der Waals surface area contributed by atoms with Gasteiger partial charge in [0.1, 0.15) is 5.75 Å². The highest BCUT2D eigenvalue weighted by Gasteiger charge is 2.61. The number of ether oxygens (including phenoxy) is 1. The standard InChI is InChI=1S/C27H23ClN2O4S/c1-34-21-4-2-3-18(15-21)23-10-5-19(25-17-29-14-11-24(23)25)16-30-26(31)27(12-13-27)35(32,33)22-8-6-20(28)7-9-22/h2-11,14-15,17H,12-13,16H2,1H3,(H,30,31). The van der Waals surface area contributed by atoms with Crippen molar-refractivity contribution >= 4 is 38.1 Å². The molecular weight excluding hydrogens is 484 g/mol. The van der Waals surface area contributed by atoms with E-state index in [0.29, 0.717) is 17.9 Å². The first kappa shape index (κ1) is 23.3. The minimum absolute atomic E-state index is 0.104. The third-order valence-electron chi connectivity index (χ3n) is 6.48. The highest BCUT2D eigenvalue weighted by Crippen LogP contribution is 2.47. The van der Waals surface area contributed by atoms with Gasteiger partial charge >= 0.3 is 0 Å². The highest BCUT2D eigenvalue weighted by atomic mass is 35.5. The van der Waals surface area contributed by atoms with Gasteiger partial charge in [0, 0.05) is 29.3 Å². The van der Waals surface area contributed by atoms with E-state index >= 15 is 0 Å². The lowest BCUT2D eigenvalue weighted by Gasteiger charge is -2.17. The van der Waals surface area contributed by atoms with Gasteiger partial charge in [0.05, 0.1) is 12.0 Å². The second-order valence-corrected chi connectivity index (χ2v) is 11.3. The Bertz CT molecular complexity index is 1530. The molecule has 1 heterocycles. The molecule has 4 aromatic rings. The van der Waals surface area contributed by atoms with Crippen LogP contribution >= 0.6 is 11.6 Å². The predicted molar refractivity (Wildman–Crippen MR) is 136 cm³/mol. The van der Waals surface area contributed by atoms with Crippen molar-refractivity contribution in [1.82, 2.24) is 10.3 Å². The summed E-state index contributed by atoms with van der Waals surface area (Å²) in [6, 6.07) is 19.6. The molecule has 1 aliphatic rings. The first-order valence-electron chi connectivity index (χ1n) is 11.1. The summed E-state index contributed by atoms with van der Waals surface area (Å²) >= 11 is 5.90. The molecule has 1 N–H and O–H groups in total. The number of aromatic nitrogens is 1. The number of fused-ring (bicyclic) bond motifs is 1. The maximum atomic E-state index is 13.2. The van der Waals surface area contributed by atoms with Gasteiger partial charge < -0.3 is 10.1 Å². The van der Waals surface area contributed by atoms with E-state index in [2.05, 4.69) is 10.3 Å². The Morgan fingerprint density at radius 2 is 1.83 bits per heavy atom. The zero-order chi connectivity index (χ0) is 24.6. The number of carbonyl (C=O) groups is 1. The molecule has 0 atom stereocenters. The van der Waals surface area contributed by atoms with Crippen molar-refractivity contribution in [3.05, 3.63) is 89.7 Å². The van der Waals surface area contributed by atoms with Crippen molar-refractivity contribution in [2.45, 2.75) is 29.0 Å². The Kier molecular flexibility index (Phi) is 5.99. The molecule has 0 unspecified atom stereocenters. The summed E-state index contributed by atoms with van der Waals surface area (Å²) in [5.74, 6) is 0.277. The van der Waals surface area contributed by atoms with Crippen LogP contribution in [0.4, 0.5) is 0 Å². The van der Waals surface area contributed by atoms with E-state index in [9.17, 15) is 13.2 Å². The average Bonchev–Trinajstić information content (AvgIpc) is 3.70. The molecule has 1 saturated carbocycles. The molecule has 0 radical (unpaired) electrons. The van der Waals surface area contributed by atoms with Crippen LogP contribution in [0.3, 0.4) is 0 Å². The van der Waals surface area contributed by atoms with Gasteiger partial charge in [0.15, 0.2) is 14.6 Å². The Labute approximate surface area is 208 Å². The third-order valence-corrected chi connectivity index (χ3v) is 9.25. The lowest BCUT2D eigenvalue weighted by Crippen LogP contribution is -2.41. The number of benzene rings is 3. The van der Waals surface area contributed by atoms with Gasteiger partial charge in [0.2, 0.25) is 5.91 Å². The first-order chi connectivity index (χ1) is 16.9. The van der Waals surface area contributed by atoms with Crippen molar-refractivity contribution in [1.29, 1.82) is 0 Å². The molecule has 8 heteroatoms. The lowest BCUT2D eigenvalue weighted by atomic mass is 9.96. The van der Waals surface area contributed by atoms with E-state index < -0.39 is 20.5 Å². The molecule has 1 aliphatic carbocycles. The maximum Gasteiger partial charge on any atom is 0.242 e. The van der Waals surface area contributed by atoms with E-state index in [0.717, 1.165) is 33.2 Å². The van der Waals surface area contributed by atoms with Gasteiger partial charge in [-0.25, -0.2) is 8.42 Å². The van der Waals surface area contributed by atoms with E-state index in [-0.39, 0.29) is 11.4 Å². The number of pyridine rings is 1. The lowest BCUT2D eigenvalue weighted by molar-refractivity contribution is -0.121. The van der Waals surface area contributed by atoms with Crippen LogP contribution in [0.1, 0.15) is 18.4 Å². The number of rotatable bonds is 7. The molecule has 0 aliphatic heterocycles. The zero-order valence-electron chi connectivity index (χ0n) is 19.0. The average molecular weight is 507 g/mol.